The van der Waals surface area contributed by atoms with Gasteiger partial charge in [0, 0.05) is 24.6 Å². The predicted octanol–water partition coefficient (Wildman–Crippen LogP) is 2.41. The minimum Gasteiger partial charge on any atom is -0.351 e. The molecular formula is C17H22N2O2. The molecule has 0 bridgehead atoms. The van der Waals surface area contributed by atoms with Crippen LogP contribution in [0, 0.1) is 12.8 Å². The molecule has 2 fully saturated rings. The number of anilines is 1. The summed E-state index contributed by atoms with van der Waals surface area (Å²) in [6.07, 6.45) is 4.70. The SMILES string of the molecule is Cc1ccc(N2C[C@H](NC(=O)C3CCCC3)CC2=O)cc1. The number of rotatable bonds is 3. The maximum Gasteiger partial charge on any atom is 0.229 e. The van der Waals surface area contributed by atoms with Crippen molar-refractivity contribution in [2.75, 3.05) is 11.4 Å². The molecule has 21 heavy (non-hydrogen) atoms. The molecule has 1 saturated carbocycles. The Balaban J connectivity index is 1.61. The predicted molar refractivity (Wildman–Crippen MR) is 82.0 cm³/mol. The van der Waals surface area contributed by atoms with E-state index in [9.17, 15) is 9.59 Å². The minimum atomic E-state index is -0.0492. The number of aryl methyl sites for hydroxylation is 1. The Morgan fingerprint density at radius 1 is 1.19 bits per heavy atom. The van der Waals surface area contributed by atoms with Gasteiger partial charge in [-0.2, -0.15) is 0 Å². The number of benzene rings is 1. The Morgan fingerprint density at radius 3 is 2.52 bits per heavy atom. The van der Waals surface area contributed by atoms with Crippen molar-refractivity contribution in [1.29, 1.82) is 0 Å². The lowest BCUT2D eigenvalue weighted by Crippen LogP contribution is -2.40. The second-order valence-corrected chi connectivity index (χ2v) is 6.23. The summed E-state index contributed by atoms with van der Waals surface area (Å²) in [4.78, 5) is 26.1. The summed E-state index contributed by atoms with van der Waals surface area (Å²) in [7, 11) is 0. The number of hydrogen-bond acceptors (Lipinski definition) is 2. The number of hydrogen-bond donors (Lipinski definition) is 1. The van der Waals surface area contributed by atoms with Crippen LogP contribution in [0.2, 0.25) is 0 Å². The van der Waals surface area contributed by atoms with E-state index in [0.29, 0.717) is 13.0 Å². The van der Waals surface area contributed by atoms with Gasteiger partial charge in [0.05, 0.1) is 6.04 Å². The van der Waals surface area contributed by atoms with Crippen molar-refractivity contribution < 1.29 is 9.59 Å². The molecule has 0 unspecified atom stereocenters. The van der Waals surface area contributed by atoms with E-state index in [4.69, 9.17) is 0 Å². The zero-order valence-corrected chi connectivity index (χ0v) is 12.5. The number of carbonyl (C=O) groups is 2. The molecule has 0 aromatic heterocycles. The summed E-state index contributed by atoms with van der Waals surface area (Å²) in [6.45, 7) is 2.61. The monoisotopic (exact) mass is 286 g/mol. The standard InChI is InChI=1S/C17H22N2O2/c1-12-6-8-15(9-7-12)19-11-14(10-16(19)20)18-17(21)13-4-2-3-5-13/h6-9,13-14H,2-5,10-11H2,1H3,(H,18,21)/t14-/m1/s1. The number of carbonyl (C=O) groups excluding carboxylic acids is 2. The topological polar surface area (TPSA) is 49.4 Å². The van der Waals surface area contributed by atoms with Crippen molar-refractivity contribution in [3.05, 3.63) is 29.8 Å². The van der Waals surface area contributed by atoms with Crippen LogP contribution >= 0.6 is 0 Å². The second-order valence-electron chi connectivity index (χ2n) is 6.23. The van der Waals surface area contributed by atoms with Gasteiger partial charge in [0.1, 0.15) is 0 Å². The van der Waals surface area contributed by atoms with Crippen molar-refractivity contribution in [1.82, 2.24) is 5.32 Å². The first kappa shape index (κ1) is 14.1. The van der Waals surface area contributed by atoms with E-state index in [1.54, 1.807) is 4.90 Å². The number of nitrogens with one attached hydrogen (secondary N) is 1. The van der Waals surface area contributed by atoms with E-state index in [-0.39, 0.29) is 23.8 Å². The molecule has 1 N–H and O–H groups in total. The van der Waals surface area contributed by atoms with Crippen LogP contribution in [0.25, 0.3) is 0 Å². The molecule has 0 radical (unpaired) electrons. The highest BCUT2D eigenvalue weighted by atomic mass is 16.2. The summed E-state index contributed by atoms with van der Waals surface area (Å²) in [5, 5.41) is 3.06. The van der Waals surface area contributed by atoms with E-state index in [0.717, 1.165) is 31.4 Å². The molecule has 0 spiro atoms. The molecule has 1 aromatic carbocycles. The van der Waals surface area contributed by atoms with E-state index in [1.807, 2.05) is 31.2 Å². The zero-order valence-electron chi connectivity index (χ0n) is 12.5. The summed E-state index contributed by atoms with van der Waals surface area (Å²) >= 11 is 0. The molecule has 1 heterocycles. The summed E-state index contributed by atoms with van der Waals surface area (Å²) in [5.74, 6) is 0.389. The molecule has 1 aliphatic heterocycles. The smallest absolute Gasteiger partial charge is 0.229 e. The largest absolute Gasteiger partial charge is 0.351 e. The van der Waals surface area contributed by atoms with Gasteiger partial charge in [0.2, 0.25) is 11.8 Å². The molecule has 2 amide bonds. The third-order valence-corrected chi connectivity index (χ3v) is 4.54. The Bertz CT molecular complexity index is 532. The van der Waals surface area contributed by atoms with Gasteiger partial charge in [-0.3, -0.25) is 9.59 Å². The van der Waals surface area contributed by atoms with Crippen LogP contribution in [-0.2, 0) is 9.59 Å². The fraction of sp³-hybridized carbons (Fsp3) is 0.529. The first-order chi connectivity index (χ1) is 10.1. The van der Waals surface area contributed by atoms with Gasteiger partial charge in [-0.1, -0.05) is 30.5 Å². The molecule has 3 rings (SSSR count). The second kappa shape index (κ2) is 5.88. The fourth-order valence-electron chi connectivity index (χ4n) is 3.29. The molecular weight excluding hydrogens is 264 g/mol. The van der Waals surface area contributed by atoms with Crippen LogP contribution in [0.1, 0.15) is 37.7 Å². The Kier molecular flexibility index (Phi) is 3.95. The molecule has 1 aliphatic carbocycles. The summed E-state index contributed by atoms with van der Waals surface area (Å²) < 4.78 is 0. The lowest BCUT2D eigenvalue weighted by Gasteiger charge is -2.18. The van der Waals surface area contributed by atoms with Crippen LogP contribution in [0.4, 0.5) is 5.69 Å². The van der Waals surface area contributed by atoms with Crippen LogP contribution < -0.4 is 10.2 Å². The molecule has 1 aromatic rings. The third kappa shape index (κ3) is 3.09. The van der Waals surface area contributed by atoms with Gasteiger partial charge >= 0.3 is 0 Å². The molecule has 4 nitrogen and oxygen atoms in total. The van der Waals surface area contributed by atoms with E-state index >= 15 is 0 Å². The lowest BCUT2D eigenvalue weighted by atomic mass is 10.1. The quantitative estimate of drug-likeness (QED) is 0.927. The van der Waals surface area contributed by atoms with Gasteiger partial charge < -0.3 is 10.2 Å². The van der Waals surface area contributed by atoms with Crippen LogP contribution in [-0.4, -0.2) is 24.4 Å². The maximum atomic E-state index is 12.2. The Hall–Kier alpha value is -1.84. The Morgan fingerprint density at radius 2 is 1.86 bits per heavy atom. The molecule has 4 heteroatoms. The lowest BCUT2D eigenvalue weighted by molar-refractivity contribution is -0.125. The molecule has 1 atom stereocenters. The van der Waals surface area contributed by atoms with Crippen LogP contribution in [0.15, 0.2) is 24.3 Å². The average molecular weight is 286 g/mol. The van der Waals surface area contributed by atoms with Crippen molar-refractivity contribution in [2.45, 2.75) is 45.1 Å². The van der Waals surface area contributed by atoms with Gasteiger partial charge in [0.15, 0.2) is 0 Å². The minimum absolute atomic E-state index is 0.0492. The molecule has 112 valence electrons. The first-order valence-corrected chi connectivity index (χ1v) is 7.81. The zero-order chi connectivity index (χ0) is 14.8. The molecule has 2 aliphatic rings. The van der Waals surface area contributed by atoms with Crippen LogP contribution in [0.5, 0.6) is 0 Å². The van der Waals surface area contributed by atoms with Gasteiger partial charge in [-0.25, -0.2) is 0 Å². The maximum absolute atomic E-state index is 12.2. The van der Waals surface area contributed by atoms with Gasteiger partial charge in [-0.05, 0) is 31.9 Å². The van der Waals surface area contributed by atoms with Crippen molar-refractivity contribution in [3.8, 4) is 0 Å². The highest BCUT2D eigenvalue weighted by Crippen LogP contribution is 2.26. The van der Waals surface area contributed by atoms with E-state index in [2.05, 4.69) is 5.32 Å². The van der Waals surface area contributed by atoms with E-state index in [1.165, 1.54) is 5.56 Å². The van der Waals surface area contributed by atoms with Crippen LogP contribution in [0.3, 0.4) is 0 Å². The van der Waals surface area contributed by atoms with Crippen molar-refractivity contribution >= 4 is 17.5 Å². The van der Waals surface area contributed by atoms with Crippen molar-refractivity contribution in [3.63, 3.8) is 0 Å². The average Bonchev–Trinajstić information content (AvgIpc) is 3.10. The Labute approximate surface area is 125 Å². The molecule has 1 saturated heterocycles. The highest BCUT2D eigenvalue weighted by Gasteiger charge is 2.33. The van der Waals surface area contributed by atoms with E-state index < -0.39 is 0 Å². The normalized spacial score (nSPS) is 22.8. The van der Waals surface area contributed by atoms with Gasteiger partial charge in [0.25, 0.3) is 0 Å². The summed E-state index contributed by atoms with van der Waals surface area (Å²) in [5.41, 5.74) is 2.10. The van der Waals surface area contributed by atoms with Crippen molar-refractivity contribution in [2.24, 2.45) is 5.92 Å². The number of nitrogens with zero attached hydrogens (tertiary/aromatic N) is 1. The summed E-state index contributed by atoms with van der Waals surface area (Å²) in [6, 6.07) is 7.90. The highest BCUT2D eigenvalue weighted by molar-refractivity contribution is 5.97. The fourth-order valence-corrected chi connectivity index (χ4v) is 3.29. The third-order valence-electron chi connectivity index (χ3n) is 4.54. The first-order valence-electron chi connectivity index (χ1n) is 7.81. The number of amides is 2. The van der Waals surface area contributed by atoms with Gasteiger partial charge in [-0.15, -0.1) is 0 Å².